The lowest BCUT2D eigenvalue weighted by molar-refractivity contribution is -0.258. The molecular formula is C16H19F3N2O. The smallest absolute Gasteiger partial charge is 0.376 e. The lowest BCUT2D eigenvalue weighted by Gasteiger charge is -2.26. The molecule has 2 aromatic rings. The summed E-state index contributed by atoms with van der Waals surface area (Å²) in [5.41, 5.74) is -0.0612. The lowest BCUT2D eigenvalue weighted by atomic mass is 9.93. The van der Waals surface area contributed by atoms with Crippen LogP contribution in [0.25, 0.3) is 10.9 Å². The molecule has 0 saturated carbocycles. The molecule has 0 bridgehead atoms. The molecule has 0 amide bonds. The summed E-state index contributed by atoms with van der Waals surface area (Å²) in [7, 11) is 0. The van der Waals surface area contributed by atoms with Crippen molar-refractivity contribution < 1.29 is 18.3 Å². The van der Waals surface area contributed by atoms with E-state index in [1.54, 1.807) is 6.07 Å². The fourth-order valence-electron chi connectivity index (χ4n) is 3.05. The van der Waals surface area contributed by atoms with E-state index in [4.69, 9.17) is 0 Å². The summed E-state index contributed by atoms with van der Waals surface area (Å²) in [6.07, 6.45) is -2.45. The number of aryl methyl sites for hydroxylation is 1. The van der Waals surface area contributed by atoms with Gasteiger partial charge in [-0.2, -0.15) is 13.2 Å². The van der Waals surface area contributed by atoms with Gasteiger partial charge in [0.15, 0.2) is 5.60 Å². The largest absolute Gasteiger partial charge is 0.421 e. The third-order valence-corrected chi connectivity index (χ3v) is 4.37. The van der Waals surface area contributed by atoms with Gasteiger partial charge < -0.3 is 15.0 Å². The first-order valence-electron chi connectivity index (χ1n) is 7.40. The second-order valence-corrected chi connectivity index (χ2v) is 6.05. The van der Waals surface area contributed by atoms with Crippen molar-refractivity contribution in [2.75, 3.05) is 0 Å². The fraction of sp³-hybridized carbons (Fsp3) is 0.500. The van der Waals surface area contributed by atoms with Crippen molar-refractivity contribution in [2.45, 2.75) is 51.7 Å². The lowest BCUT2D eigenvalue weighted by Crippen LogP contribution is -2.39. The van der Waals surface area contributed by atoms with Crippen LogP contribution in [-0.2, 0) is 25.2 Å². The zero-order valence-corrected chi connectivity index (χ0v) is 12.6. The first kappa shape index (κ1) is 15.4. The molecule has 1 aromatic carbocycles. The Hall–Kier alpha value is -1.53. The zero-order chi connectivity index (χ0) is 16.1. The van der Waals surface area contributed by atoms with E-state index in [-0.39, 0.29) is 5.56 Å². The molecule has 1 aliphatic heterocycles. The van der Waals surface area contributed by atoms with E-state index in [2.05, 4.69) is 5.32 Å². The molecule has 0 aliphatic carbocycles. The van der Waals surface area contributed by atoms with E-state index in [0.717, 1.165) is 36.5 Å². The van der Waals surface area contributed by atoms with Crippen molar-refractivity contribution in [1.29, 1.82) is 0 Å². The predicted octanol–water partition coefficient (Wildman–Crippen LogP) is 3.42. The molecule has 1 unspecified atom stereocenters. The van der Waals surface area contributed by atoms with Gasteiger partial charge >= 0.3 is 6.18 Å². The normalized spacial score (nSPS) is 17.7. The maximum atomic E-state index is 13.2. The van der Waals surface area contributed by atoms with Crippen molar-refractivity contribution in [3.8, 4) is 0 Å². The highest BCUT2D eigenvalue weighted by Crippen LogP contribution is 2.43. The van der Waals surface area contributed by atoms with Crippen LogP contribution in [-0.4, -0.2) is 15.8 Å². The standard InChI is InChI=1S/C16H19F3N2O/c1-3-4-21-9-13(15(2,22)16(17,18)19)12-5-10-7-20-8-11(10)6-14(12)21/h5-6,9,20,22H,3-4,7-8H2,1-2H3. The molecular weight excluding hydrogens is 293 g/mol. The highest BCUT2D eigenvalue weighted by atomic mass is 19.4. The highest BCUT2D eigenvalue weighted by Gasteiger charge is 2.52. The van der Waals surface area contributed by atoms with Gasteiger partial charge in [-0.1, -0.05) is 6.92 Å². The van der Waals surface area contributed by atoms with E-state index in [1.165, 1.54) is 6.20 Å². The van der Waals surface area contributed by atoms with Crippen molar-refractivity contribution >= 4 is 10.9 Å². The van der Waals surface area contributed by atoms with Crippen molar-refractivity contribution in [3.63, 3.8) is 0 Å². The summed E-state index contributed by atoms with van der Waals surface area (Å²) in [6.45, 7) is 4.80. The molecule has 22 heavy (non-hydrogen) atoms. The molecule has 3 nitrogen and oxygen atoms in total. The van der Waals surface area contributed by atoms with Gasteiger partial charge in [0.25, 0.3) is 0 Å². The Morgan fingerprint density at radius 2 is 1.86 bits per heavy atom. The number of nitrogens with zero attached hydrogens (tertiary/aromatic N) is 1. The maximum Gasteiger partial charge on any atom is 0.421 e. The number of aliphatic hydroxyl groups is 1. The number of aromatic nitrogens is 1. The van der Waals surface area contributed by atoms with Crippen molar-refractivity contribution in [3.05, 3.63) is 35.0 Å². The molecule has 0 radical (unpaired) electrons. The molecule has 3 rings (SSSR count). The average molecular weight is 312 g/mol. The SMILES string of the molecule is CCCn1cc(C(C)(O)C(F)(F)F)c2cc3c(cc21)CNC3. The zero-order valence-electron chi connectivity index (χ0n) is 12.6. The number of benzene rings is 1. The Balaban J connectivity index is 2.26. The Kier molecular flexibility index (Phi) is 3.49. The number of hydrogen-bond acceptors (Lipinski definition) is 2. The van der Waals surface area contributed by atoms with Crippen LogP contribution in [0.5, 0.6) is 0 Å². The first-order chi connectivity index (χ1) is 10.3. The van der Waals surface area contributed by atoms with Crippen LogP contribution in [0.4, 0.5) is 13.2 Å². The molecule has 6 heteroatoms. The number of hydrogen-bond donors (Lipinski definition) is 2. The molecule has 2 heterocycles. The molecule has 0 saturated heterocycles. The molecule has 0 fully saturated rings. The molecule has 0 spiro atoms. The number of alkyl halides is 3. The quantitative estimate of drug-likeness (QED) is 0.911. The van der Waals surface area contributed by atoms with Crippen LogP contribution in [0.15, 0.2) is 18.3 Å². The summed E-state index contributed by atoms with van der Waals surface area (Å²) < 4.78 is 41.5. The Bertz CT molecular complexity index is 716. The van der Waals surface area contributed by atoms with E-state index in [1.807, 2.05) is 17.6 Å². The summed E-state index contributed by atoms with van der Waals surface area (Å²) in [5, 5.41) is 13.8. The van der Waals surface area contributed by atoms with Crippen LogP contribution < -0.4 is 5.32 Å². The second-order valence-electron chi connectivity index (χ2n) is 6.05. The minimum absolute atomic E-state index is 0.0712. The Morgan fingerprint density at radius 3 is 2.45 bits per heavy atom. The van der Waals surface area contributed by atoms with Gasteiger partial charge in [0, 0.05) is 42.3 Å². The minimum atomic E-state index is -4.71. The van der Waals surface area contributed by atoms with E-state index in [0.29, 0.717) is 18.5 Å². The minimum Gasteiger partial charge on any atom is -0.376 e. The number of halogens is 3. The van der Waals surface area contributed by atoms with Gasteiger partial charge in [-0.3, -0.25) is 0 Å². The first-order valence-corrected chi connectivity index (χ1v) is 7.40. The van der Waals surface area contributed by atoms with Crippen LogP contribution in [0.2, 0.25) is 0 Å². The van der Waals surface area contributed by atoms with Gasteiger partial charge in [0.05, 0.1) is 0 Å². The van der Waals surface area contributed by atoms with Gasteiger partial charge in [-0.25, -0.2) is 0 Å². The summed E-state index contributed by atoms with van der Waals surface area (Å²) in [6, 6.07) is 3.72. The molecule has 1 aromatic heterocycles. The third kappa shape index (κ3) is 2.21. The third-order valence-electron chi connectivity index (χ3n) is 4.37. The van der Waals surface area contributed by atoms with Crippen LogP contribution in [0.1, 0.15) is 37.0 Å². The van der Waals surface area contributed by atoms with Crippen molar-refractivity contribution in [1.82, 2.24) is 9.88 Å². The van der Waals surface area contributed by atoms with E-state index in [9.17, 15) is 18.3 Å². The number of nitrogens with one attached hydrogen (secondary N) is 1. The molecule has 2 N–H and O–H groups in total. The Morgan fingerprint density at radius 1 is 1.23 bits per heavy atom. The van der Waals surface area contributed by atoms with Crippen molar-refractivity contribution in [2.24, 2.45) is 0 Å². The van der Waals surface area contributed by atoms with Crippen LogP contribution >= 0.6 is 0 Å². The maximum absolute atomic E-state index is 13.2. The van der Waals surface area contributed by atoms with E-state index >= 15 is 0 Å². The summed E-state index contributed by atoms with van der Waals surface area (Å²) >= 11 is 0. The number of fused-ring (bicyclic) bond motifs is 2. The molecule has 120 valence electrons. The van der Waals surface area contributed by atoms with Crippen LogP contribution in [0.3, 0.4) is 0 Å². The van der Waals surface area contributed by atoms with Gasteiger partial charge in [0.1, 0.15) is 0 Å². The van der Waals surface area contributed by atoms with Gasteiger partial charge in [-0.05, 0) is 36.6 Å². The van der Waals surface area contributed by atoms with Gasteiger partial charge in [-0.15, -0.1) is 0 Å². The highest BCUT2D eigenvalue weighted by molar-refractivity contribution is 5.87. The number of rotatable bonds is 3. The second kappa shape index (κ2) is 4.99. The Labute approximate surface area is 126 Å². The average Bonchev–Trinajstić information content (AvgIpc) is 3.00. The summed E-state index contributed by atoms with van der Waals surface area (Å²) in [4.78, 5) is 0. The molecule has 1 aliphatic rings. The van der Waals surface area contributed by atoms with Crippen LogP contribution in [0, 0.1) is 0 Å². The predicted molar refractivity (Wildman–Crippen MR) is 78.4 cm³/mol. The van der Waals surface area contributed by atoms with E-state index < -0.39 is 11.8 Å². The topological polar surface area (TPSA) is 37.2 Å². The molecule has 1 atom stereocenters. The van der Waals surface area contributed by atoms with Gasteiger partial charge in [0.2, 0.25) is 0 Å². The fourth-order valence-corrected chi connectivity index (χ4v) is 3.05. The monoisotopic (exact) mass is 312 g/mol. The summed E-state index contributed by atoms with van der Waals surface area (Å²) in [5.74, 6) is 0.